The third-order valence-corrected chi connectivity index (χ3v) is 4.20. The van der Waals surface area contributed by atoms with E-state index in [1.807, 2.05) is 0 Å². The van der Waals surface area contributed by atoms with Gasteiger partial charge in [0.05, 0.1) is 0 Å². The van der Waals surface area contributed by atoms with Crippen molar-refractivity contribution in [3.05, 3.63) is 0 Å². The highest BCUT2D eigenvalue weighted by Crippen LogP contribution is 2.09. The van der Waals surface area contributed by atoms with Gasteiger partial charge in [-0.15, -0.1) is 24.0 Å². The third-order valence-electron chi connectivity index (χ3n) is 4.20. The zero-order valence-electron chi connectivity index (χ0n) is 14.5. The smallest absolute Gasteiger partial charge is 0.188 e. The van der Waals surface area contributed by atoms with E-state index >= 15 is 0 Å². The van der Waals surface area contributed by atoms with Crippen LogP contribution in [-0.4, -0.2) is 43.6 Å². The molecule has 0 bridgehead atoms. The number of hydrogen-bond acceptors (Lipinski definition) is 2. The first kappa shape index (κ1) is 22.0. The molecule has 0 aromatic carbocycles. The van der Waals surface area contributed by atoms with Gasteiger partial charge in [-0.1, -0.05) is 39.0 Å². The zero-order chi connectivity index (χ0) is 15.2. The van der Waals surface area contributed by atoms with Crippen LogP contribution in [0.2, 0.25) is 0 Å². The second-order valence-corrected chi connectivity index (χ2v) is 6.22. The summed E-state index contributed by atoms with van der Waals surface area (Å²) in [6, 6.07) is 0. The van der Waals surface area contributed by atoms with Gasteiger partial charge in [0, 0.05) is 13.1 Å². The molecule has 1 aliphatic rings. The second-order valence-electron chi connectivity index (χ2n) is 6.22. The standard InChI is InChI=1S/C17H36N4.HI/c1-2-3-4-7-12-19-17(18)20-13-8-5-9-14-21-15-10-6-11-16-21;/h2-16H2,1H3,(H3,18,19,20);1H. The molecular formula is C17H37IN4. The number of likely N-dealkylation sites (tertiary alicyclic amines) is 1. The highest BCUT2D eigenvalue weighted by molar-refractivity contribution is 14.0. The average molecular weight is 424 g/mol. The molecule has 1 heterocycles. The Morgan fingerprint density at radius 1 is 1.00 bits per heavy atom. The molecule has 0 saturated carbocycles. The quantitative estimate of drug-likeness (QED) is 0.230. The number of guanidine groups is 1. The Labute approximate surface area is 154 Å². The monoisotopic (exact) mass is 424 g/mol. The van der Waals surface area contributed by atoms with E-state index in [2.05, 4.69) is 22.1 Å². The molecule has 0 atom stereocenters. The minimum atomic E-state index is 0. The maximum Gasteiger partial charge on any atom is 0.188 e. The van der Waals surface area contributed by atoms with Crippen LogP contribution >= 0.6 is 24.0 Å². The number of aliphatic imine (C=N–C) groups is 1. The summed E-state index contributed by atoms with van der Waals surface area (Å²) in [7, 11) is 0. The van der Waals surface area contributed by atoms with Crippen molar-refractivity contribution in [3.8, 4) is 0 Å². The molecule has 0 spiro atoms. The summed E-state index contributed by atoms with van der Waals surface area (Å²) in [5.41, 5.74) is 5.85. The van der Waals surface area contributed by atoms with E-state index in [-0.39, 0.29) is 24.0 Å². The van der Waals surface area contributed by atoms with Gasteiger partial charge in [0.25, 0.3) is 0 Å². The molecule has 0 radical (unpaired) electrons. The Hall–Kier alpha value is -0.0400. The number of halogens is 1. The number of piperidine rings is 1. The van der Waals surface area contributed by atoms with Crippen LogP contribution in [0.1, 0.15) is 71.1 Å². The van der Waals surface area contributed by atoms with Crippen LogP contribution in [-0.2, 0) is 0 Å². The van der Waals surface area contributed by atoms with Gasteiger partial charge in [0.1, 0.15) is 0 Å². The Kier molecular flexibility index (Phi) is 15.8. The van der Waals surface area contributed by atoms with Crippen molar-refractivity contribution in [2.24, 2.45) is 10.7 Å². The maximum atomic E-state index is 5.85. The number of nitrogens with two attached hydrogens (primary N) is 1. The highest BCUT2D eigenvalue weighted by atomic mass is 127. The SMILES string of the molecule is CCCCCCNC(N)=NCCCCCN1CCCCC1.I. The minimum Gasteiger partial charge on any atom is -0.370 e. The lowest BCUT2D eigenvalue weighted by atomic mass is 10.1. The summed E-state index contributed by atoms with van der Waals surface area (Å²) in [6.45, 7) is 7.96. The molecule has 1 saturated heterocycles. The molecule has 0 aromatic rings. The van der Waals surface area contributed by atoms with Crippen LogP contribution in [0.15, 0.2) is 4.99 Å². The van der Waals surface area contributed by atoms with Crippen LogP contribution in [0.4, 0.5) is 0 Å². The summed E-state index contributed by atoms with van der Waals surface area (Å²) in [5, 5.41) is 3.20. The Balaban J connectivity index is 0.00000441. The molecule has 4 nitrogen and oxygen atoms in total. The van der Waals surface area contributed by atoms with Gasteiger partial charge in [-0.2, -0.15) is 0 Å². The maximum absolute atomic E-state index is 5.85. The number of hydrogen-bond donors (Lipinski definition) is 2. The summed E-state index contributed by atoms with van der Waals surface area (Å²) in [5.74, 6) is 0.627. The molecule has 5 heteroatoms. The predicted octanol–water partition coefficient (Wildman–Crippen LogP) is 3.75. The Morgan fingerprint density at radius 2 is 1.73 bits per heavy atom. The first-order chi connectivity index (χ1) is 10.3. The van der Waals surface area contributed by atoms with Gasteiger partial charge in [-0.25, -0.2) is 0 Å². The summed E-state index contributed by atoms with van der Waals surface area (Å²) < 4.78 is 0. The lowest BCUT2D eigenvalue weighted by Crippen LogP contribution is -2.32. The Bertz CT molecular complexity index is 265. The molecule has 0 amide bonds. The van der Waals surface area contributed by atoms with E-state index in [0.717, 1.165) is 19.5 Å². The van der Waals surface area contributed by atoms with Crippen molar-refractivity contribution in [3.63, 3.8) is 0 Å². The van der Waals surface area contributed by atoms with Gasteiger partial charge >= 0.3 is 0 Å². The number of rotatable bonds is 11. The predicted molar refractivity (Wildman–Crippen MR) is 108 cm³/mol. The zero-order valence-corrected chi connectivity index (χ0v) is 16.8. The van der Waals surface area contributed by atoms with E-state index in [4.69, 9.17) is 5.73 Å². The number of unbranched alkanes of at least 4 members (excludes halogenated alkanes) is 5. The molecule has 1 rings (SSSR count). The van der Waals surface area contributed by atoms with Crippen LogP contribution in [0.3, 0.4) is 0 Å². The third kappa shape index (κ3) is 12.5. The van der Waals surface area contributed by atoms with Crippen molar-refractivity contribution < 1.29 is 0 Å². The molecule has 0 aliphatic carbocycles. The van der Waals surface area contributed by atoms with E-state index < -0.39 is 0 Å². The molecular weight excluding hydrogens is 387 g/mol. The average Bonchev–Trinajstić information content (AvgIpc) is 2.51. The fourth-order valence-electron chi connectivity index (χ4n) is 2.83. The highest BCUT2D eigenvalue weighted by Gasteiger charge is 2.08. The second kappa shape index (κ2) is 15.8. The van der Waals surface area contributed by atoms with Gasteiger partial charge in [0.15, 0.2) is 5.96 Å². The number of nitrogens with one attached hydrogen (secondary N) is 1. The van der Waals surface area contributed by atoms with Crippen LogP contribution < -0.4 is 11.1 Å². The minimum absolute atomic E-state index is 0. The Morgan fingerprint density at radius 3 is 2.45 bits per heavy atom. The van der Waals surface area contributed by atoms with E-state index in [1.165, 1.54) is 77.4 Å². The van der Waals surface area contributed by atoms with Gasteiger partial charge in [-0.05, 0) is 51.7 Å². The number of nitrogens with zero attached hydrogens (tertiary/aromatic N) is 2. The van der Waals surface area contributed by atoms with E-state index in [9.17, 15) is 0 Å². The van der Waals surface area contributed by atoms with Crippen LogP contribution in [0.25, 0.3) is 0 Å². The van der Waals surface area contributed by atoms with Crippen molar-refractivity contribution in [2.45, 2.75) is 71.1 Å². The van der Waals surface area contributed by atoms with Gasteiger partial charge in [-0.3, -0.25) is 4.99 Å². The van der Waals surface area contributed by atoms with Crippen molar-refractivity contribution >= 4 is 29.9 Å². The van der Waals surface area contributed by atoms with E-state index in [0.29, 0.717) is 5.96 Å². The van der Waals surface area contributed by atoms with Gasteiger partial charge in [0.2, 0.25) is 0 Å². The summed E-state index contributed by atoms with van der Waals surface area (Å²) in [4.78, 5) is 7.01. The first-order valence-corrected chi connectivity index (χ1v) is 9.09. The summed E-state index contributed by atoms with van der Waals surface area (Å²) >= 11 is 0. The molecule has 0 unspecified atom stereocenters. The topological polar surface area (TPSA) is 53.6 Å². The van der Waals surface area contributed by atoms with Gasteiger partial charge < -0.3 is 16.0 Å². The largest absolute Gasteiger partial charge is 0.370 e. The molecule has 22 heavy (non-hydrogen) atoms. The summed E-state index contributed by atoms with van der Waals surface area (Å²) in [6.07, 6.45) is 13.0. The molecule has 0 aromatic heterocycles. The normalized spacial score (nSPS) is 16.3. The molecule has 1 aliphatic heterocycles. The van der Waals surface area contributed by atoms with Crippen molar-refractivity contribution in [2.75, 3.05) is 32.7 Å². The van der Waals surface area contributed by atoms with Crippen molar-refractivity contribution in [1.29, 1.82) is 0 Å². The molecule has 1 fully saturated rings. The molecule has 3 N–H and O–H groups in total. The van der Waals surface area contributed by atoms with E-state index in [1.54, 1.807) is 0 Å². The van der Waals surface area contributed by atoms with Crippen LogP contribution in [0, 0.1) is 0 Å². The lowest BCUT2D eigenvalue weighted by molar-refractivity contribution is 0.224. The lowest BCUT2D eigenvalue weighted by Gasteiger charge is -2.26. The molecule has 132 valence electrons. The van der Waals surface area contributed by atoms with Crippen molar-refractivity contribution in [1.82, 2.24) is 10.2 Å². The fourth-order valence-corrected chi connectivity index (χ4v) is 2.83. The van der Waals surface area contributed by atoms with Crippen LogP contribution in [0.5, 0.6) is 0 Å². The fraction of sp³-hybridized carbons (Fsp3) is 0.941. The first-order valence-electron chi connectivity index (χ1n) is 9.09.